The number of hydrogen-bond acceptors (Lipinski definition) is 2. The summed E-state index contributed by atoms with van der Waals surface area (Å²) in [5.74, 6) is 0. The molecule has 0 bridgehead atoms. The average molecular weight is 182 g/mol. The van der Waals surface area contributed by atoms with Crippen molar-refractivity contribution in [3.63, 3.8) is 0 Å². The van der Waals surface area contributed by atoms with Gasteiger partial charge in [-0.25, -0.2) is 0 Å². The van der Waals surface area contributed by atoms with Crippen LogP contribution in [0.4, 0.5) is 0 Å². The first-order valence-corrected chi connectivity index (χ1v) is 5.60. The van der Waals surface area contributed by atoms with E-state index < -0.39 is 0 Å². The molecule has 2 unspecified atom stereocenters. The number of nitrogens with one attached hydrogen (secondary N) is 1. The topological polar surface area (TPSA) is 15.3 Å². The van der Waals surface area contributed by atoms with Crippen LogP contribution in [0.25, 0.3) is 0 Å². The molecule has 13 heavy (non-hydrogen) atoms. The van der Waals surface area contributed by atoms with Crippen LogP contribution in [0.2, 0.25) is 0 Å². The summed E-state index contributed by atoms with van der Waals surface area (Å²) in [5.41, 5.74) is 0.581. The number of hydrogen-bond donors (Lipinski definition) is 1. The summed E-state index contributed by atoms with van der Waals surface area (Å²) in [6.45, 7) is 6.10. The van der Waals surface area contributed by atoms with Gasteiger partial charge in [0.15, 0.2) is 0 Å². The van der Waals surface area contributed by atoms with Crippen molar-refractivity contribution in [1.29, 1.82) is 0 Å². The smallest absolute Gasteiger partial charge is 0.0185 e. The van der Waals surface area contributed by atoms with Crippen molar-refractivity contribution >= 4 is 0 Å². The van der Waals surface area contributed by atoms with Gasteiger partial charge in [-0.15, -0.1) is 0 Å². The molecule has 0 amide bonds. The van der Waals surface area contributed by atoms with Crippen LogP contribution < -0.4 is 5.32 Å². The molecule has 1 saturated heterocycles. The molecular weight excluding hydrogens is 160 g/mol. The van der Waals surface area contributed by atoms with Crippen molar-refractivity contribution in [3.05, 3.63) is 0 Å². The van der Waals surface area contributed by atoms with E-state index in [4.69, 9.17) is 0 Å². The van der Waals surface area contributed by atoms with E-state index in [2.05, 4.69) is 31.1 Å². The van der Waals surface area contributed by atoms with Crippen LogP contribution in [0.15, 0.2) is 0 Å². The molecule has 2 nitrogen and oxygen atoms in total. The number of likely N-dealkylation sites (tertiary alicyclic amines) is 1. The van der Waals surface area contributed by atoms with E-state index in [1.165, 1.54) is 32.2 Å². The van der Waals surface area contributed by atoms with Gasteiger partial charge in [0.2, 0.25) is 0 Å². The van der Waals surface area contributed by atoms with Gasteiger partial charge < -0.3 is 5.32 Å². The Balaban J connectivity index is 1.93. The van der Waals surface area contributed by atoms with E-state index in [0.717, 1.165) is 12.1 Å². The van der Waals surface area contributed by atoms with Gasteiger partial charge in [0.1, 0.15) is 0 Å². The van der Waals surface area contributed by atoms with E-state index >= 15 is 0 Å². The molecule has 2 aliphatic rings. The zero-order valence-corrected chi connectivity index (χ0v) is 9.14. The Morgan fingerprint density at radius 3 is 2.54 bits per heavy atom. The highest BCUT2D eigenvalue weighted by atomic mass is 15.3. The summed E-state index contributed by atoms with van der Waals surface area (Å²) in [4.78, 5) is 2.72. The molecule has 1 aliphatic carbocycles. The summed E-state index contributed by atoms with van der Waals surface area (Å²) in [6.07, 6.45) is 5.49. The quantitative estimate of drug-likeness (QED) is 0.698. The van der Waals surface area contributed by atoms with E-state index in [1.54, 1.807) is 0 Å². The second-order valence-electron chi connectivity index (χ2n) is 5.05. The third kappa shape index (κ3) is 1.75. The Kier molecular flexibility index (Phi) is 2.37. The molecule has 0 spiro atoms. The molecular formula is C11H22N2. The molecule has 0 radical (unpaired) electrons. The van der Waals surface area contributed by atoms with Gasteiger partial charge in [-0.05, 0) is 46.6 Å². The van der Waals surface area contributed by atoms with E-state index in [9.17, 15) is 0 Å². The molecule has 76 valence electrons. The van der Waals surface area contributed by atoms with E-state index in [1.807, 2.05) is 0 Å². The second-order valence-corrected chi connectivity index (χ2v) is 5.05. The summed E-state index contributed by atoms with van der Waals surface area (Å²) < 4.78 is 0. The highest BCUT2D eigenvalue weighted by molar-refractivity contribution is 5.03. The molecule has 2 rings (SSSR count). The molecule has 2 heteroatoms. The van der Waals surface area contributed by atoms with Gasteiger partial charge >= 0.3 is 0 Å². The number of nitrogens with zero attached hydrogens (tertiary/aromatic N) is 1. The summed E-state index contributed by atoms with van der Waals surface area (Å²) in [6, 6.07) is 1.53. The predicted octanol–water partition coefficient (Wildman–Crippen LogP) is 1.61. The lowest BCUT2D eigenvalue weighted by molar-refractivity contribution is 0.0847. The maximum absolute atomic E-state index is 3.40. The first-order valence-electron chi connectivity index (χ1n) is 5.60. The molecule has 0 aromatic heterocycles. The average Bonchev–Trinajstić information content (AvgIpc) is 2.84. The van der Waals surface area contributed by atoms with Crippen LogP contribution in [-0.4, -0.2) is 36.1 Å². The van der Waals surface area contributed by atoms with E-state index in [-0.39, 0.29) is 0 Å². The minimum absolute atomic E-state index is 0.581. The summed E-state index contributed by atoms with van der Waals surface area (Å²) in [7, 11) is 2.09. The third-order valence-electron chi connectivity index (χ3n) is 3.95. The fourth-order valence-electron chi connectivity index (χ4n) is 2.70. The monoisotopic (exact) mass is 182 g/mol. The van der Waals surface area contributed by atoms with Crippen molar-refractivity contribution in [1.82, 2.24) is 10.2 Å². The lowest BCUT2D eigenvalue weighted by atomic mass is 9.96. The van der Waals surface area contributed by atoms with Crippen molar-refractivity contribution in [2.75, 3.05) is 13.6 Å². The van der Waals surface area contributed by atoms with Gasteiger partial charge in [0.05, 0.1) is 0 Å². The third-order valence-corrected chi connectivity index (χ3v) is 3.95. The predicted molar refractivity (Wildman–Crippen MR) is 55.9 cm³/mol. The van der Waals surface area contributed by atoms with Crippen LogP contribution >= 0.6 is 0 Å². The SMILES string of the molecule is CNC1CCN(C2(C)CC2)C(C)C1. The standard InChI is InChI=1S/C11H22N2/c1-9-8-10(12-3)4-7-13(9)11(2)5-6-11/h9-10,12H,4-8H2,1-3H3. The number of piperidine rings is 1. The van der Waals surface area contributed by atoms with Crippen LogP contribution in [0.5, 0.6) is 0 Å². The highest BCUT2D eigenvalue weighted by Gasteiger charge is 2.46. The molecule has 1 heterocycles. The van der Waals surface area contributed by atoms with Crippen molar-refractivity contribution < 1.29 is 0 Å². The minimum atomic E-state index is 0.581. The molecule has 2 fully saturated rings. The lowest BCUT2D eigenvalue weighted by Gasteiger charge is -2.41. The molecule has 2 atom stereocenters. The summed E-state index contributed by atoms with van der Waals surface area (Å²) in [5, 5.41) is 3.40. The first-order chi connectivity index (χ1) is 6.15. The molecule has 1 N–H and O–H groups in total. The highest BCUT2D eigenvalue weighted by Crippen LogP contribution is 2.44. The van der Waals surface area contributed by atoms with Gasteiger partial charge in [0.25, 0.3) is 0 Å². The molecule has 1 aliphatic heterocycles. The molecule has 0 aromatic rings. The van der Waals surface area contributed by atoms with Crippen LogP contribution in [0, 0.1) is 0 Å². The van der Waals surface area contributed by atoms with Crippen LogP contribution in [-0.2, 0) is 0 Å². The van der Waals surface area contributed by atoms with Crippen LogP contribution in [0.1, 0.15) is 39.5 Å². The zero-order chi connectivity index (χ0) is 9.47. The van der Waals surface area contributed by atoms with E-state index in [0.29, 0.717) is 5.54 Å². The molecule has 0 aromatic carbocycles. The minimum Gasteiger partial charge on any atom is -0.317 e. The Labute approximate surface area is 81.7 Å². The molecule has 1 saturated carbocycles. The fraction of sp³-hybridized carbons (Fsp3) is 1.00. The maximum atomic E-state index is 3.40. The Bertz CT molecular complexity index is 187. The van der Waals surface area contributed by atoms with Crippen LogP contribution in [0.3, 0.4) is 0 Å². The number of rotatable bonds is 2. The van der Waals surface area contributed by atoms with Gasteiger partial charge in [-0.1, -0.05) is 0 Å². The normalized spacial score (nSPS) is 39.0. The van der Waals surface area contributed by atoms with Crippen molar-refractivity contribution in [2.45, 2.75) is 57.2 Å². The second kappa shape index (κ2) is 3.25. The summed E-state index contributed by atoms with van der Waals surface area (Å²) >= 11 is 0. The van der Waals surface area contributed by atoms with Crippen molar-refractivity contribution in [2.24, 2.45) is 0 Å². The zero-order valence-electron chi connectivity index (χ0n) is 9.14. The Hall–Kier alpha value is -0.0800. The largest absolute Gasteiger partial charge is 0.317 e. The maximum Gasteiger partial charge on any atom is 0.0185 e. The first kappa shape index (κ1) is 9.47. The van der Waals surface area contributed by atoms with Gasteiger partial charge in [-0.3, -0.25) is 4.90 Å². The fourth-order valence-corrected chi connectivity index (χ4v) is 2.70. The van der Waals surface area contributed by atoms with Gasteiger partial charge in [0, 0.05) is 24.2 Å². The van der Waals surface area contributed by atoms with Gasteiger partial charge in [-0.2, -0.15) is 0 Å². The Morgan fingerprint density at radius 1 is 1.38 bits per heavy atom. The Morgan fingerprint density at radius 2 is 2.08 bits per heavy atom. The van der Waals surface area contributed by atoms with Crippen molar-refractivity contribution in [3.8, 4) is 0 Å². The lowest BCUT2D eigenvalue weighted by Crippen LogP contribution is -2.51.